The number of esters is 1. The molecule has 0 aliphatic rings. The minimum atomic E-state index is -0.781. The molecule has 2 N–H and O–H groups in total. The molecule has 0 atom stereocenters. The fourth-order valence-electron chi connectivity index (χ4n) is 1.48. The second-order valence-corrected chi connectivity index (χ2v) is 3.75. The number of rotatable bonds is 3. The molecule has 2 aromatic rings. The van der Waals surface area contributed by atoms with Gasteiger partial charge in [-0.2, -0.15) is 0 Å². The van der Waals surface area contributed by atoms with Crippen molar-refractivity contribution in [2.45, 2.75) is 0 Å². The Kier molecular flexibility index (Phi) is 3.79. The van der Waals surface area contributed by atoms with E-state index >= 15 is 0 Å². The van der Waals surface area contributed by atoms with Crippen LogP contribution in [0.15, 0.2) is 30.5 Å². The molecule has 0 fully saturated rings. The summed E-state index contributed by atoms with van der Waals surface area (Å²) in [7, 11) is 1.19. The number of aromatic nitrogens is 1. The molecule has 0 radical (unpaired) electrons. The number of benzene rings is 1. The van der Waals surface area contributed by atoms with Crippen molar-refractivity contribution >= 4 is 11.7 Å². The van der Waals surface area contributed by atoms with Gasteiger partial charge in [-0.15, -0.1) is 0 Å². The third kappa shape index (κ3) is 2.66. The van der Waals surface area contributed by atoms with E-state index in [1.807, 2.05) is 0 Å². The number of nitrogen functional groups attached to an aromatic ring is 1. The summed E-state index contributed by atoms with van der Waals surface area (Å²) >= 11 is 0. The third-order valence-electron chi connectivity index (χ3n) is 2.46. The van der Waals surface area contributed by atoms with Gasteiger partial charge in [0.05, 0.1) is 12.7 Å². The highest BCUT2D eigenvalue weighted by molar-refractivity contribution is 5.96. The molecule has 7 heteroatoms. The monoisotopic (exact) mass is 280 g/mol. The first kappa shape index (κ1) is 13.7. The van der Waals surface area contributed by atoms with E-state index in [4.69, 9.17) is 10.5 Å². The predicted octanol–water partition coefficient (Wildman–Crippen LogP) is 2.52. The van der Waals surface area contributed by atoms with Crippen molar-refractivity contribution in [1.29, 1.82) is 0 Å². The van der Waals surface area contributed by atoms with Gasteiger partial charge < -0.3 is 15.2 Å². The van der Waals surface area contributed by atoms with E-state index in [-0.39, 0.29) is 22.9 Å². The number of carbonyl (C=O) groups is 1. The Morgan fingerprint density at radius 1 is 1.30 bits per heavy atom. The lowest BCUT2D eigenvalue weighted by Gasteiger charge is -2.10. The van der Waals surface area contributed by atoms with Crippen LogP contribution in [-0.4, -0.2) is 18.1 Å². The van der Waals surface area contributed by atoms with Gasteiger partial charge in [-0.1, -0.05) is 0 Å². The minimum absolute atomic E-state index is 0.0225. The lowest BCUT2D eigenvalue weighted by atomic mass is 10.2. The molecular weight excluding hydrogens is 270 g/mol. The lowest BCUT2D eigenvalue weighted by Crippen LogP contribution is -2.07. The number of ether oxygens (including phenoxy) is 2. The first-order valence-electron chi connectivity index (χ1n) is 5.48. The Morgan fingerprint density at radius 2 is 2.05 bits per heavy atom. The van der Waals surface area contributed by atoms with Gasteiger partial charge in [0.25, 0.3) is 0 Å². The fourth-order valence-corrected chi connectivity index (χ4v) is 1.48. The van der Waals surface area contributed by atoms with Crippen LogP contribution in [-0.2, 0) is 4.74 Å². The largest absolute Gasteiger partial charge is 0.465 e. The molecule has 0 aliphatic carbocycles. The number of pyridine rings is 1. The van der Waals surface area contributed by atoms with Crippen LogP contribution < -0.4 is 10.5 Å². The van der Waals surface area contributed by atoms with E-state index in [1.165, 1.54) is 19.4 Å². The molecule has 0 saturated carbocycles. The van der Waals surface area contributed by atoms with Crippen molar-refractivity contribution in [2.75, 3.05) is 12.8 Å². The van der Waals surface area contributed by atoms with Crippen LogP contribution >= 0.6 is 0 Å². The maximum atomic E-state index is 13.5. The molecule has 104 valence electrons. The highest BCUT2D eigenvalue weighted by atomic mass is 19.1. The third-order valence-corrected chi connectivity index (χ3v) is 2.46. The van der Waals surface area contributed by atoms with Crippen LogP contribution in [0.3, 0.4) is 0 Å². The molecule has 0 bridgehead atoms. The SMILES string of the molecule is COC(=O)c1ccnc(Oc2cc(F)ccc2F)c1N. The van der Waals surface area contributed by atoms with Crippen LogP contribution in [0.4, 0.5) is 14.5 Å². The summed E-state index contributed by atoms with van der Waals surface area (Å²) in [4.78, 5) is 15.2. The number of nitrogens with zero attached hydrogens (tertiary/aromatic N) is 1. The van der Waals surface area contributed by atoms with Crippen molar-refractivity contribution in [3.8, 4) is 11.6 Å². The molecule has 0 unspecified atom stereocenters. The van der Waals surface area contributed by atoms with E-state index in [1.54, 1.807) is 0 Å². The standard InChI is InChI=1S/C13H10F2N2O3/c1-19-13(18)8-4-5-17-12(11(8)16)20-10-6-7(14)2-3-9(10)15/h2-6H,16H2,1H3. The van der Waals surface area contributed by atoms with Gasteiger partial charge in [-0.25, -0.2) is 18.6 Å². The van der Waals surface area contributed by atoms with Gasteiger partial charge in [-0.3, -0.25) is 0 Å². The van der Waals surface area contributed by atoms with Gasteiger partial charge in [0, 0.05) is 12.3 Å². The smallest absolute Gasteiger partial charge is 0.340 e. The highest BCUT2D eigenvalue weighted by Crippen LogP contribution is 2.29. The van der Waals surface area contributed by atoms with Crippen molar-refractivity contribution in [3.05, 3.63) is 47.7 Å². The summed E-state index contributed by atoms with van der Waals surface area (Å²) in [5.74, 6) is -2.74. The van der Waals surface area contributed by atoms with Crippen LogP contribution in [0, 0.1) is 11.6 Å². The molecule has 5 nitrogen and oxygen atoms in total. The predicted molar refractivity (Wildman–Crippen MR) is 66.4 cm³/mol. The van der Waals surface area contributed by atoms with Crippen molar-refractivity contribution in [3.63, 3.8) is 0 Å². The zero-order chi connectivity index (χ0) is 14.7. The molecule has 1 heterocycles. The molecule has 20 heavy (non-hydrogen) atoms. The Labute approximate surface area is 112 Å². The van der Waals surface area contributed by atoms with E-state index in [9.17, 15) is 13.6 Å². The Bertz CT molecular complexity index is 662. The normalized spacial score (nSPS) is 10.2. The van der Waals surface area contributed by atoms with E-state index in [0.29, 0.717) is 0 Å². The molecule has 0 spiro atoms. The van der Waals surface area contributed by atoms with Gasteiger partial charge in [0.2, 0.25) is 5.88 Å². The van der Waals surface area contributed by atoms with Crippen LogP contribution in [0.1, 0.15) is 10.4 Å². The number of hydrogen-bond acceptors (Lipinski definition) is 5. The summed E-state index contributed by atoms with van der Waals surface area (Å²) < 4.78 is 36.1. The van der Waals surface area contributed by atoms with Crippen molar-refractivity contribution in [2.24, 2.45) is 0 Å². The molecule has 0 saturated heterocycles. The highest BCUT2D eigenvalue weighted by Gasteiger charge is 2.16. The molecule has 0 amide bonds. The summed E-state index contributed by atoms with van der Waals surface area (Å²) in [6, 6.07) is 4.03. The first-order valence-corrected chi connectivity index (χ1v) is 5.48. The number of carbonyl (C=O) groups excluding carboxylic acids is 1. The fraction of sp³-hybridized carbons (Fsp3) is 0.0769. The number of anilines is 1. The minimum Gasteiger partial charge on any atom is -0.465 e. The van der Waals surface area contributed by atoms with E-state index in [0.717, 1.165) is 18.2 Å². The average Bonchev–Trinajstić information content (AvgIpc) is 2.44. The second kappa shape index (κ2) is 5.52. The lowest BCUT2D eigenvalue weighted by molar-refractivity contribution is 0.0601. The number of methoxy groups -OCH3 is 1. The summed E-state index contributed by atoms with van der Waals surface area (Å²) in [5, 5.41) is 0. The van der Waals surface area contributed by atoms with Crippen molar-refractivity contribution in [1.82, 2.24) is 4.98 Å². The zero-order valence-corrected chi connectivity index (χ0v) is 10.4. The second-order valence-electron chi connectivity index (χ2n) is 3.75. The maximum absolute atomic E-state index is 13.5. The topological polar surface area (TPSA) is 74.4 Å². The van der Waals surface area contributed by atoms with E-state index in [2.05, 4.69) is 9.72 Å². The van der Waals surface area contributed by atoms with Crippen molar-refractivity contribution < 1.29 is 23.0 Å². The molecule has 2 rings (SSSR count). The van der Waals surface area contributed by atoms with Crippen LogP contribution in [0.2, 0.25) is 0 Å². The average molecular weight is 280 g/mol. The van der Waals surface area contributed by atoms with E-state index < -0.39 is 17.6 Å². The molecule has 0 aliphatic heterocycles. The Balaban J connectivity index is 2.39. The molecule has 1 aromatic carbocycles. The number of hydrogen-bond donors (Lipinski definition) is 1. The number of nitrogens with two attached hydrogens (primary N) is 1. The van der Waals surface area contributed by atoms with Gasteiger partial charge in [0.1, 0.15) is 11.5 Å². The van der Waals surface area contributed by atoms with Crippen LogP contribution in [0.5, 0.6) is 11.6 Å². The van der Waals surface area contributed by atoms with Gasteiger partial charge in [-0.05, 0) is 18.2 Å². The maximum Gasteiger partial charge on any atom is 0.340 e. The zero-order valence-electron chi connectivity index (χ0n) is 10.4. The summed E-state index contributed by atoms with van der Waals surface area (Å²) in [5.41, 5.74) is 5.59. The van der Waals surface area contributed by atoms with Crippen LogP contribution in [0.25, 0.3) is 0 Å². The summed E-state index contributed by atoms with van der Waals surface area (Å²) in [6.07, 6.45) is 1.25. The van der Waals surface area contributed by atoms with Gasteiger partial charge >= 0.3 is 5.97 Å². The Hall–Kier alpha value is -2.70. The van der Waals surface area contributed by atoms with Gasteiger partial charge in [0.15, 0.2) is 11.6 Å². The first-order chi connectivity index (χ1) is 9.52. The quantitative estimate of drug-likeness (QED) is 0.874. The number of halogens is 2. The Morgan fingerprint density at radius 3 is 2.75 bits per heavy atom. The molecule has 1 aromatic heterocycles. The molecular formula is C13H10F2N2O3. The summed E-state index contributed by atoms with van der Waals surface area (Å²) in [6.45, 7) is 0.